The third-order valence-electron chi connectivity index (χ3n) is 7.36. The number of rotatable bonds is 7. The van der Waals surface area contributed by atoms with Crippen LogP contribution in [0.5, 0.6) is 0 Å². The van der Waals surface area contributed by atoms with Crippen molar-refractivity contribution < 1.29 is 19.1 Å². The van der Waals surface area contributed by atoms with Gasteiger partial charge >= 0.3 is 6.09 Å². The van der Waals surface area contributed by atoms with Crippen LogP contribution in [0.25, 0.3) is 0 Å². The van der Waals surface area contributed by atoms with Crippen molar-refractivity contribution in [3.05, 3.63) is 0 Å². The third-order valence-corrected chi connectivity index (χ3v) is 7.36. The van der Waals surface area contributed by atoms with Crippen LogP contribution < -0.4 is 10.6 Å². The zero-order valence-corrected chi connectivity index (χ0v) is 18.5. The second-order valence-corrected chi connectivity index (χ2v) is 9.86. The van der Waals surface area contributed by atoms with E-state index < -0.39 is 6.04 Å². The number of piperidine rings is 1. The molecule has 4 rings (SSSR count). The fourth-order valence-electron chi connectivity index (χ4n) is 5.18. The summed E-state index contributed by atoms with van der Waals surface area (Å²) in [7, 11) is 2.07. The summed E-state index contributed by atoms with van der Waals surface area (Å²) in [5, 5.41) is 5.90. The highest BCUT2D eigenvalue weighted by atomic mass is 16.6. The first-order valence-corrected chi connectivity index (χ1v) is 11.6. The second-order valence-electron chi connectivity index (χ2n) is 9.86. The summed E-state index contributed by atoms with van der Waals surface area (Å²) in [6.07, 6.45) is 5.29. The van der Waals surface area contributed by atoms with Gasteiger partial charge in [0.25, 0.3) is 0 Å². The summed E-state index contributed by atoms with van der Waals surface area (Å²) in [6.45, 7) is 7.00. The van der Waals surface area contributed by atoms with Crippen molar-refractivity contribution in [3.63, 3.8) is 0 Å². The van der Waals surface area contributed by atoms with Crippen molar-refractivity contribution in [2.45, 2.75) is 63.1 Å². The summed E-state index contributed by atoms with van der Waals surface area (Å²) in [6, 6.07) is -0.785. The fourth-order valence-corrected chi connectivity index (χ4v) is 5.18. The zero-order chi connectivity index (χ0) is 22.0. The average Bonchev–Trinajstić information content (AvgIpc) is 3.19. The molecule has 0 aromatic heterocycles. The molecule has 0 aromatic carbocycles. The maximum Gasteiger partial charge on any atom is 0.410 e. The van der Waals surface area contributed by atoms with Gasteiger partial charge in [-0.2, -0.15) is 0 Å². The molecule has 3 heterocycles. The molecule has 1 aliphatic carbocycles. The third kappa shape index (κ3) is 5.19. The molecule has 4 fully saturated rings. The molecule has 3 aliphatic heterocycles. The highest BCUT2D eigenvalue weighted by Crippen LogP contribution is 2.55. The van der Waals surface area contributed by atoms with Crippen molar-refractivity contribution in [2.24, 2.45) is 16.3 Å². The number of amides is 3. The summed E-state index contributed by atoms with van der Waals surface area (Å²) in [5.74, 6) is -0.253. The van der Waals surface area contributed by atoms with Crippen LogP contribution in [0, 0.1) is 11.3 Å². The van der Waals surface area contributed by atoms with E-state index in [1.165, 1.54) is 0 Å². The first-order valence-electron chi connectivity index (χ1n) is 11.6. The molecule has 0 bridgehead atoms. The molecule has 3 amide bonds. The quantitative estimate of drug-likeness (QED) is 0.578. The highest BCUT2D eigenvalue weighted by Gasteiger charge is 2.56. The van der Waals surface area contributed by atoms with Crippen LogP contribution in [-0.4, -0.2) is 92.4 Å². The van der Waals surface area contributed by atoms with Crippen molar-refractivity contribution in [3.8, 4) is 0 Å². The number of hydrogen-bond donors (Lipinski definition) is 2. The van der Waals surface area contributed by atoms with Crippen LogP contribution in [0.3, 0.4) is 0 Å². The van der Waals surface area contributed by atoms with E-state index >= 15 is 0 Å². The summed E-state index contributed by atoms with van der Waals surface area (Å²) >= 11 is 0. The van der Waals surface area contributed by atoms with Gasteiger partial charge in [-0.3, -0.25) is 19.5 Å². The molecule has 2 N–H and O–H groups in total. The largest absolute Gasteiger partial charge is 0.446 e. The van der Waals surface area contributed by atoms with Gasteiger partial charge in [0.05, 0.1) is 6.54 Å². The van der Waals surface area contributed by atoms with E-state index in [-0.39, 0.29) is 41.4 Å². The second kappa shape index (κ2) is 9.14. The Labute approximate surface area is 183 Å². The van der Waals surface area contributed by atoms with Crippen molar-refractivity contribution in [2.75, 3.05) is 39.8 Å². The number of hydrogen-bond acceptors (Lipinski definition) is 6. The molecule has 1 saturated carbocycles. The van der Waals surface area contributed by atoms with Gasteiger partial charge < -0.3 is 20.3 Å². The first-order chi connectivity index (χ1) is 14.9. The Kier molecular flexibility index (Phi) is 6.50. The van der Waals surface area contributed by atoms with Gasteiger partial charge in [0.15, 0.2) is 0 Å². The highest BCUT2D eigenvalue weighted by molar-refractivity contribution is 5.87. The lowest BCUT2D eigenvalue weighted by Crippen LogP contribution is -2.51. The molecule has 0 radical (unpaired) electrons. The van der Waals surface area contributed by atoms with Gasteiger partial charge in [-0.1, -0.05) is 0 Å². The number of nitrogens with one attached hydrogen (secondary N) is 2. The molecule has 9 heteroatoms. The van der Waals surface area contributed by atoms with E-state index in [0.717, 1.165) is 45.2 Å². The van der Waals surface area contributed by atoms with Crippen LogP contribution in [0.2, 0.25) is 0 Å². The topological polar surface area (TPSA) is 103 Å². The number of aliphatic imine (C=N–C) groups is 1. The molecule has 1 spiro atoms. The Morgan fingerprint density at radius 3 is 2.68 bits per heavy atom. The minimum Gasteiger partial charge on any atom is -0.446 e. The Hall–Kier alpha value is -2.16. The standard InChI is InChI=1S/C22H35N5O4/c1-23-13-16(11-15-3-8-24-19(15)28)25-20(29)18-12-22(6-7-22)14-27(18)21(30)31-17-4-9-26(2)10-5-17/h15-18H,1,3-14H2,2H3,(H,24,28)(H,25,29)/t15-,16-,18-/m0/s1. The van der Waals surface area contributed by atoms with E-state index in [9.17, 15) is 14.4 Å². The molecule has 0 aromatic rings. The number of carbonyl (C=O) groups is 3. The molecule has 9 nitrogen and oxygen atoms in total. The molecule has 3 saturated heterocycles. The van der Waals surface area contributed by atoms with Gasteiger partial charge in [0.2, 0.25) is 11.8 Å². The predicted octanol–water partition coefficient (Wildman–Crippen LogP) is 0.783. The van der Waals surface area contributed by atoms with Gasteiger partial charge in [0, 0.05) is 38.1 Å². The van der Waals surface area contributed by atoms with E-state index in [1.807, 2.05) is 0 Å². The monoisotopic (exact) mass is 433 g/mol. The van der Waals surface area contributed by atoms with Crippen LogP contribution in [-0.2, 0) is 14.3 Å². The number of carbonyl (C=O) groups excluding carboxylic acids is 3. The van der Waals surface area contributed by atoms with Gasteiger partial charge in [0.1, 0.15) is 12.1 Å². The lowest BCUT2D eigenvalue weighted by molar-refractivity contribution is -0.127. The Bertz CT molecular complexity index is 717. The fraction of sp³-hybridized carbons (Fsp3) is 0.818. The van der Waals surface area contributed by atoms with Gasteiger partial charge in [-0.25, -0.2) is 4.79 Å². The smallest absolute Gasteiger partial charge is 0.410 e. The van der Waals surface area contributed by atoms with Crippen molar-refractivity contribution >= 4 is 24.6 Å². The Morgan fingerprint density at radius 2 is 2.06 bits per heavy atom. The Morgan fingerprint density at radius 1 is 1.32 bits per heavy atom. The molecule has 31 heavy (non-hydrogen) atoms. The van der Waals surface area contributed by atoms with Crippen LogP contribution in [0.15, 0.2) is 4.99 Å². The molecule has 172 valence electrons. The number of ether oxygens (including phenoxy) is 1. The van der Waals surface area contributed by atoms with E-state index in [4.69, 9.17) is 4.74 Å². The van der Waals surface area contributed by atoms with Crippen LogP contribution >= 0.6 is 0 Å². The molecular formula is C22H35N5O4. The summed E-state index contributed by atoms with van der Waals surface area (Å²) in [5.41, 5.74) is 0.0747. The molecule has 4 aliphatic rings. The minimum absolute atomic E-state index is 0.0319. The van der Waals surface area contributed by atoms with E-state index in [1.54, 1.807) is 4.90 Å². The zero-order valence-electron chi connectivity index (χ0n) is 18.5. The Balaban J connectivity index is 1.37. The van der Waals surface area contributed by atoms with E-state index in [0.29, 0.717) is 32.5 Å². The maximum atomic E-state index is 13.2. The van der Waals surface area contributed by atoms with Gasteiger partial charge in [-0.05, 0) is 64.1 Å². The van der Waals surface area contributed by atoms with Crippen molar-refractivity contribution in [1.82, 2.24) is 20.4 Å². The summed E-state index contributed by atoms with van der Waals surface area (Å²) < 4.78 is 5.80. The van der Waals surface area contributed by atoms with E-state index in [2.05, 4.69) is 34.3 Å². The maximum absolute atomic E-state index is 13.2. The normalized spacial score (nSPS) is 28.9. The number of nitrogens with zero attached hydrogens (tertiary/aromatic N) is 3. The van der Waals surface area contributed by atoms with Gasteiger partial charge in [-0.15, -0.1) is 0 Å². The number of likely N-dealkylation sites (tertiary alicyclic amines) is 2. The minimum atomic E-state index is -0.522. The predicted molar refractivity (Wildman–Crippen MR) is 116 cm³/mol. The lowest BCUT2D eigenvalue weighted by Gasteiger charge is -2.31. The summed E-state index contributed by atoms with van der Waals surface area (Å²) in [4.78, 5) is 46.0. The first kappa shape index (κ1) is 22.0. The van der Waals surface area contributed by atoms with Crippen LogP contribution in [0.1, 0.15) is 44.9 Å². The molecule has 3 atom stereocenters. The lowest BCUT2D eigenvalue weighted by atomic mass is 9.97. The molecular weight excluding hydrogens is 398 g/mol. The SMILES string of the molecule is C=NC[C@H](C[C@@H]1CCNC1=O)NC(=O)[C@@H]1CC2(CC2)CN1C(=O)OC1CCN(C)CC1. The van der Waals surface area contributed by atoms with Crippen LogP contribution in [0.4, 0.5) is 4.79 Å². The molecule has 0 unspecified atom stereocenters. The van der Waals surface area contributed by atoms with Crippen molar-refractivity contribution in [1.29, 1.82) is 0 Å². The average molecular weight is 434 g/mol.